The zero-order valence-corrected chi connectivity index (χ0v) is 17.8. The van der Waals surface area contributed by atoms with Crippen molar-refractivity contribution in [2.45, 2.75) is 0 Å². The Labute approximate surface area is 182 Å². The number of para-hydroxylation sites is 2. The topological polar surface area (TPSA) is 91.1 Å². The van der Waals surface area contributed by atoms with E-state index in [1.54, 1.807) is 32.4 Å². The van der Waals surface area contributed by atoms with Crippen LogP contribution in [0.5, 0.6) is 17.2 Å². The van der Waals surface area contributed by atoms with E-state index in [1.807, 2.05) is 12.1 Å². The number of nitro benzene ring substituents is 1. The smallest absolute Gasteiger partial charge is 0.270 e. The molecule has 1 aliphatic heterocycles. The second-order valence-electron chi connectivity index (χ2n) is 6.07. The van der Waals surface area contributed by atoms with Crippen molar-refractivity contribution < 1.29 is 23.9 Å². The van der Waals surface area contributed by atoms with E-state index in [4.69, 9.17) is 26.4 Å². The lowest BCUT2D eigenvalue weighted by atomic mass is 10.1. The second-order valence-corrected chi connectivity index (χ2v) is 7.74. The third kappa shape index (κ3) is 4.89. The molecule has 1 saturated heterocycles. The van der Waals surface area contributed by atoms with Crippen molar-refractivity contribution in [2.75, 3.05) is 27.4 Å². The van der Waals surface area contributed by atoms with E-state index in [2.05, 4.69) is 0 Å². The molecule has 1 amide bonds. The van der Waals surface area contributed by atoms with Crippen molar-refractivity contribution in [1.82, 2.24) is 4.90 Å². The molecule has 10 heteroatoms. The van der Waals surface area contributed by atoms with Crippen LogP contribution >= 0.6 is 24.0 Å². The van der Waals surface area contributed by atoms with Gasteiger partial charge in [-0.3, -0.25) is 19.8 Å². The number of rotatable bonds is 8. The van der Waals surface area contributed by atoms with Gasteiger partial charge in [0.2, 0.25) is 0 Å². The number of non-ortho nitro benzene ring substituents is 1. The maximum absolute atomic E-state index is 12.3. The molecular weight excluding hydrogens is 428 g/mol. The number of ether oxygens (including phenoxy) is 3. The van der Waals surface area contributed by atoms with Crippen molar-refractivity contribution in [2.24, 2.45) is 0 Å². The third-order valence-electron chi connectivity index (χ3n) is 4.14. The summed E-state index contributed by atoms with van der Waals surface area (Å²) in [5.41, 5.74) is 0.307. The fourth-order valence-electron chi connectivity index (χ4n) is 2.62. The van der Waals surface area contributed by atoms with E-state index < -0.39 is 4.92 Å². The Balaban J connectivity index is 1.75. The molecule has 3 rings (SSSR count). The highest BCUT2D eigenvalue weighted by Gasteiger charge is 2.29. The fourth-order valence-corrected chi connectivity index (χ4v) is 3.79. The van der Waals surface area contributed by atoms with Crippen LogP contribution in [0, 0.1) is 10.1 Å². The number of carbonyl (C=O) groups excluding carboxylic acids is 1. The predicted octanol–water partition coefficient (Wildman–Crippen LogP) is 3.89. The molecule has 0 aliphatic carbocycles. The molecule has 0 unspecified atom stereocenters. The van der Waals surface area contributed by atoms with E-state index in [9.17, 15) is 14.9 Å². The van der Waals surface area contributed by atoms with Gasteiger partial charge in [0.25, 0.3) is 11.6 Å². The standard InChI is InChI=1S/C20H18N2O6S2/c1-21-19(23)18(30-20(21)29)12-13-11-14(22(24)25)7-8-15(13)27-9-10-28-17-6-4-3-5-16(17)26-2/h3-8,11-12H,9-10H2,1-2H3/b18-12+. The van der Waals surface area contributed by atoms with Gasteiger partial charge in [-0.05, 0) is 24.3 Å². The van der Waals surface area contributed by atoms with Gasteiger partial charge in [0.15, 0.2) is 11.5 Å². The molecule has 156 valence electrons. The molecule has 2 aromatic rings. The number of likely N-dealkylation sites (N-methyl/N-ethyl adjacent to an activating group) is 1. The molecule has 1 heterocycles. The summed E-state index contributed by atoms with van der Waals surface area (Å²) in [4.78, 5) is 24.7. The predicted molar refractivity (Wildman–Crippen MR) is 118 cm³/mol. The zero-order valence-electron chi connectivity index (χ0n) is 16.2. The summed E-state index contributed by atoms with van der Waals surface area (Å²) >= 11 is 6.26. The van der Waals surface area contributed by atoms with E-state index in [0.29, 0.717) is 32.0 Å². The summed E-state index contributed by atoms with van der Waals surface area (Å²) in [5.74, 6) is 1.32. The molecule has 0 bridgehead atoms. The maximum Gasteiger partial charge on any atom is 0.270 e. The van der Waals surface area contributed by atoms with Gasteiger partial charge in [-0.25, -0.2) is 0 Å². The average molecular weight is 447 g/mol. The lowest BCUT2D eigenvalue weighted by molar-refractivity contribution is -0.384. The van der Waals surface area contributed by atoms with Crippen LogP contribution in [-0.4, -0.2) is 47.4 Å². The van der Waals surface area contributed by atoms with Crippen LogP contribution in [0.1, 0.15) is 5.56 Å². The molecule has 30 heavy (non-hydrogen) atoms. The average Bonchev–Trinajstić information content (AvgIpc) is 2.98. The Morgan fingerprint density at radius 2 is 1.80 bits per heavy atom. The minimum Gasteiger partial charge on any atom is -0.493 e. The van der Waals surface area contributed by atoms with E-state index >= 15 is 0 Å². The number of methoxy groups -OCH3 is 1. The number of amides is 1. The van der Waals surface area contributed by atoms with Crippen LogP contribution in [0.25, 0.3) is 6.08 Å². The van der Waals surface area contributed by atoms with Crippen LogP contribution in [0.4, 0.5) is 5.69 Å². The summed E-state index contributed by atoms with van der Waals surface area (Å²) in [6.07, 6.45) is 1.55. The summed E-state index contributed by atoms with van der Waals surface area (Å²) in [6, 6.07) is 11.4. The van der Waals surface area contributed by atoms with Crippen LogP contribution in [0.15, 0.2) is 47.4 Å². The Morgan fingerprint density at radius 1 is 1.13 bits per heavy atom. The Bertz CT molecular complexity index is 1020. The quantitative estimate of drug-likeness (QED) is 0.198. The maximum atomic E-state index is 12.3. The van der Waals surface area contributed by atoms with Crippen molar-refractivity contribution in [1.29, 1.82) is 0 Å². The zero-order chi connectivity index (χ0) is 21.7. The number of thioether (sulfide) groups is 1. The molecule has 0 N–H and O–H groups in total. The number of hydrogen-bond donors (Lipinski definition) is 0. The summed E-state index contributed by atoms with van der Waals surface area (Å²) in [7, 11) is 3.14. The molecule has 2 aromatic carbocycles. The monoisotopic (exact) mass is 446 g/mol. The van der Waals surface area contributed by atoms with Crippen molar-refractivity contribution in [3.8, 4) is 17.2 Å². The third-order valence-corrected chi connectivity index (χ3v) is 5.63. The van der Waals surface area contributed by atoms with Crippen molar-refractivity contribution >= 4 is 46.0 Å². The van der Waals surface area contributed by atoms with E-state index in [1.165, 1.54) is 23.1 Å². The molecule has 0 aromatic heterocycles. The second kappa shape index (κ2) is 9.59. The van der Waals surface area contributed by atoms with Crippen LogP contribution < -0.4 is 14.2 Å². The number of thiocarbonyl (C=S) groups is 1. The largest absolute Gasteiger partial charge is 0.493 e. The highest BCUT2D eigenvalue weighted by molar-refractivity contribution is 8.26. The summed E-state index contributed by atoms with van der Waals surface area (Å²) in [5, 5.41) is 11.2. The van der Waals surface area contributed by atoms with E-state index in [0.717, 1.165) is 11.8 Å². The fraction of sp³-hybridized carbons (Fsp3) is 0.200. The minimum absolute atomic E-state index is 0.106. The van der Waals surface area contributed by atoms with Crippen LogP contribution in [-0.2, 0) is 4.79 Å². The number of carbonyl (C=O) groups is 1. The highest BCUT2D eigenvalue weighted by atomic mass is 32.2. The lowest BCUT2D eigenvalue weighted by Crippen LogP contribution is -2.22. The van der Waals surface area contributed by atoms with Gasteiger partial charge in [-0.15, -0.1) is 0 Å². The summed E-state index contributed by atoms with van der Waals surface area (Å²) < 4.78 is 17.1. The van der Waals surface area contributed by atoms with Gasteiger partial charge >= 0.3 is 0 Å². The first-order valence-electron chi connectivity index (χ1n) is 8.79. The van der Waals surface area contributed by atoms with Gasteiger partial charge < -0.3 is 14.2 Å². The van der Waals surface area contributed by atoms with Gasteiger partial charge in [-0.1, -0.05) is 36.1 Å². The number of hydrogen-bond acceptors (Lipinski definition) is 8. The highest BCUT2D eigenvalue weighted by Crippen LogP contribution is 2.34. The van der Waals surface area contributed by atoms with Crippen molar-refractivity contribution in [3.63, 3.8) is 0 Å². The summed E-state index contributed by atoms with van der Waals surface area (Å²) in [6.45, 7) is 0.416. The molecule has 0 atom stereocenters. The van der Waals surface area contributed by atoms with Crippen molar-refractivity contribution in [3.05, 3.63) is 63.0 Å². The molecule has 1 fully saturated rings. The van der Waals surface area contributed by atoms with Gasteiger partial charge in [0.05, 0.1) is 16.9 Å². The first-order valence-corrected chi connectivity index (χ1v) is 10.0. The molecule has 0 spiro atoms. The minimum atomic E-state index is -0.503. The molecular formula is C20H18N2O6S2. The molecule has 0 radical (unpaired) electrons. The SMILES string of the molecule is COc1ccccc1OCCOc1ccc([N+](=O)[O-])cc1/C=C1/SC(=S)N(C)C1=O. The Hall–Kier alpha value is -3.11. The molecule has 1 aliphatic rings. The van der Waals surface area contributed by atoms with Crippen LogP contribution in [0.2, 0.25) is 0 Å². The van der Waals surface area contributed by atoms with Gasteiger partial charge in [0, 0.05) is 24.7 Å². The number of benzene rings is 2. The Morgan fingerprint density at radius 3 is 2.40 bits per heavy atom. The van der Waals surface area contributed by atoms with Gasteiger partial charge in [0.1, 0.15) is 23.3 Å². The first kappa shape index (κ1) is 21.6. The van der Waals surface area contributed by atoms with Crippen LogP contribution in [0.3, 0.4) is 0 Å². The lowest BCUT2D eigenvalue weighted by Gasteiger charge is -2.12. The van der Waals surface area contributed by atoms with Gasteiger partial charge in [-0.2, -0.15) is 0 Å². The molecule has 0 saturated carbocycles. The van der Waals surface area contributed by atoms with E-state index in [-0.39, 0.29) is 24.8 Å². The molecule has 8 nitrogen and oxygen atoms in total. The number of nitrogens with zero attached hydrogens (tertiary/aromatic N) is 2. The normalized spacial score (nSPS) is 14.9. The first-order chi connectivity index (χ1) is 14.4. The number of nitro groups is 1. The Kier molecular flexibility index (Phi) is 6.91.